The summed E-state index contributed by atoms with van der Waals surface area (Å²) in [7, 11) is 4.15. The normalized spacial score (nSPS) is 17.8. The van der Waals surface area contributed by atoms with E-state index in [0.717, 1.165) is 25.2 Å². The summed E-state index contributed by atoms with van der Waals surface area (Å²) in [5, 5.41) is 3.30. The highest BCUT2D eigenvalue weighted by molar-refractivity contribution is 5.16. The largest absolute Gasteiger partial charge is 0.319 e. The SMILES string of the molecule is CNCC1(CN(C)Cc2cccc(F)c2)CCC1. The number of hydrogen-bond donors (Lipinski definition) is 1. The molecule has 0 unspecified atom stereocenters. The maximum atomic E-state index is 13.1. The summed E-state index contributed by atoms with van der Waals surface area (Å²) in [5.41, 5.74) is 1.49. The van der Waals surface area contributed by atoms with E-state index in [2.05, 4.69) is 17.3 Å². The lowest BCUT2D eigenvalue weighted by atomic mass is 9.68. The Hall–Kier alpha value is -0.930. The van der Waals surface area contributed by atoms with Crippen molar-refractivity contribution in [3.8, 4) is 0 Å². The molecule has 1 N–H and O–H groups in total. The molecule has 0 atom stereocenters. The fourth-order valence-electron chi connectivity index (χ4n) is 3.02. The lowest BCUT2D eigenvalue weighted by Gasteiger charge is -2.44. The summed E-state index contributed by atoms with van der Waals surface area (Å²) in [6, 6.07) is 6.90. The van der Waals surface area contributed by atoms with Gasteiger partial charge >= 0.3 is 0 Å². The summed E-state index contributed by atoms with van der Waals surface area (Å²) in [5.74, 6) is -0.144. The highest BCUT2D eigenvalue weighted by Gasteiger charge is 2.36. The molecule has 0 heterocycles. The van der Waals surface area contributed by atoms with E-state index < -0.39 is 0 Å². The first-order valence-electron chi connectivity index (χ1n) is 6.71. The number of benzene rings is 1. The smallest absolute Gasteiger partial charge is 0.123 e. The maximum absolute atomic E-state index is 13.1. The Morgan fingerprint density at radius 1 is 1.39 bits per heavy atom. The second kappa shape index (κ2) is 5.81. The average molecular weight is 250 g/mol. The molecule has 0 amide bonds. The number of nitrogens with one attached hydrogen (secondary N) is 1. The van der Waals surface area contributed by atoms with E-state index in [4.69, 9.17) is 0 Å². The molecule has 1 saturated carbocycles. The first kappa shape index (κ1) is 13.5. The average Bonchev–Trinajstić information content (AvgIpc) is 2.26. The minimum Gasteiger partial charge on any atom is -0.319 e. The van der Waals surface area contributed by atoms with Gasteiger partial charge in [0.15, 0.2) is 0 Å². The number of nitrogens with zero attached hydrogens (tertiary/aromatic N) is 1. The monoisotopic (exact) mass is 250 g/mol. The molecule has 1 aliphatic carbocycles. The molecule has 3 heteroatoms. The minimum absolute atomic E-state index is 0.144. The Morgan fingerprint density at radius 3 is 2.72 bits per heavy atom. The molecule has 0 bridgehead atoms. The van der Waals surface area contributed by atoms with Gasteiger partial charge in [0.2, 0.25) is 0 Å². The van der Waals surface area contributed by atoms with Crippen molar-refractivity contribution in [2.75, 3.05) is 27.2 Å². The van der Waals surface area contributed by atoms with Crippen LogP contribution in [0.5, 0.6) is 0 Å². The molecule has 2 nitrogen and oxygen atoms in total. The van der Waals surface area contributed by atoms with Crippen molar-refractivity contribution < 1.29 is 4.39 Å². The van der Waals surface area contributed by atoms with Crippen molar-refractivity contribution in [1.29, 1.82) is 0 Å². The molecule has 1 aliphatic rings. The Labute approximate surface area is 109 Å². The highest BCUT2D eigenvalue weighted by Crippen LogP contribution is 2.40. The van der Waals surface area contributed by atoms with E-state index in [9.17, 15) is 4.39 Å². The van der Waals surface area contributed by atoms with Crippen molar-refractivity contribution in [1.82, 2.24) is 10.2 Å². The third kappa shape index (κ3) is 3.30. The van der Waals surface area contributed by atoms with E-state index in [1.54, 1.807) is 12.1 Å². The number of hydrogen-bond acceptors (Lipinski definition) is 2. The molecule has 1 aromatic carbocycles. The standard InChI is InChI=1S/C15H23FN2/c1-17-11-15(7-4-8-15)12-18(2)10-13-5-3-6-14(16)9-13/h3,5-6,9,17H,4,7-8,10-12H2,1-2H3. The first-order chi connectivity index (χ1) is 8.63. The summed E-state index contributed by atoms with van der Waals surface area (Å²) in [6.45, 7) is 2.99. The Balaban J connectivity index is 1.90. The second-order valence-corrected chi connectivity index (χ2v) is 5.69. The lowest BCUT2D eigenvalue weighted by molar-refractivity contribution is 0.0768. The highest BCUT2D eigenvalue weighted by atomic mass is 19.1. The van der Waals surface area contributed by atoms with Crippen LogP contribution < -0.4 is 5.32 Å². The van der Waals surface area contributed by atoms with Gasteiger partial charge in [0.1, 0.15) is 5.82 Å². The topological polar surface area (TPSA) is 15.3 Å². The third-order valence-corrected chi connectivity index (χ3v) is 3.91. The summed E-state index contributed by atoms with van der Waals surface area (Å²) < 4.78 is 13.1. The van der Waals surface area contributed by atoms with Gasteiger partial charge in [-0.3, -0.25) is 0 Å². The fourth-order valence-corrected chi connectivity index (χ4v) is 3.02. The summed E-state index contributed by atoms with van der Waals surface area (Å²) in [4.78, 5) is 2.31. The zero-order valence-electron chi connectivity index (χ0n) is 11.4. The summed E-state index contributed by atoms with van der Waals surface area (Å²) >= 11 is 0. The molecular formula is C15H23FN2. The van der Waals surface area contributed by atoms with Crippen LogP contribution in [-0.2, 0) is 6.54 Å². The van der Waals surface area contributed by atoms with Crippen LogP contribution in [0, 0.1) is 11.2 Å². The van der Waals surface area contributed by atoms with Crippen LogP contribution in [-0.4, -0.2) is 32.1 Å². The van der Waals surface area contributed by atoms with Crippen molar-refractivity contribution in [3.63, 3.8) is 0 Å². The molecule has 18 heavy (non-hydrogen) atoms. The third-order valence-electron chi connectivity index (χ3n) is 3.91. The van der Waals surface area contributed by atoms with Crippen LogP contribution in [0.3, 0.4) is 0 Å². The zero-order valence-corrected chi connectivity index (χ0v) is 11.4. The maximum Gasteiger partial charge on any atom is 0.123 e. The van der Waals surface area contributed by atoms with Crippen LogP contribution >= 0.6 is 0 Å². The number of halogens is 1. The van der Waals surface area contributed by atoms with Crippen LogP contribution in [0.1, 0.15) is 24.8 Å². The molecule has 2 rings (SSSR count). The molecule has 0 aromatic heterocycles. The molecule has 1 aromatic rings. The van der Waals surface area contributed by atoms with Gasteiger partial charge in [-0.25, -0.2) is 4.39 Å². The molecular weight excluding hydrogens is 227 g/mol. The molecule has 1 fully saturated rings. The van der Waals surface area contributed by atoms with Gasteiger partial charge in [0.05, 0.1) is 0 Å². The predicted molar refractivity (Wildman–Crippen MR) is 72.9 cm³/mol. The van der Waals surface area contributed by atoms with Crippen molar-refractivity contribution >= 4 is 0 Å². The van der Waals surface area contributed by atoms with Gasteiger partial charge in [-0.15, -0.1) is 0 Å². The minimum atomic E-state index is -0.144. The Morgan fingerprint density at radius 2 is 2.17 bits per heavy atom. The van der Waals surface area contributed by atoms with Crippen molar-refractivity contribution in [2.45, 2.75) is 25.8 Å². The predicted octanol–water partition coefficient (Wildman–Crippen LogP) is 2.65. The second-order valence-electron chi connectivity index (χ2n) is 5.69. The van der Waals surface area contributed by atoms with Gasteiger partial charge in [-0.2, -0.15) is 0 Å². The van der Waals surface area contributed by atoms with Gasteiger partial charge < -0.3 is 10.2 Å². The molecule has 100 valence electrons. The fraction of sp³-hybridized carbons (Fsp3) is 0.600. The molecule has 0 radical (unpaired) electrons. The van der Waals surface area contributed by atoms with E-state index in [1.807, 2.05) is 13.1 Å². The number of rotatable bonds is 6. The van der Waals surface area contributed by atoms with Crippen LogP contribution in [0.15, 0.2) is 24.3 Å². The van der Waals surface area contributed by atoms with Crippen LogP contribution in [0.2, 0.25) is 0 Å². The summed E-state index contributed by atoms with van der Waals surface area (Å²) in [6.07, 6.45) is 3.96. The van der Waals surface area contributed by atoms with Gasteiger partial charge in [0, 0.05) is 19.6 Å². The molecule has 0 spiro atoms. The van der Waals surface area contributed by atoms with Crippen LogP contribution in [0.25, 0.3) is 0 Å². The molecule has 0 aliphatic heterocycles. The van der Waals surface area contributed by atoms with E-state index in [0.29, 0.717) is 5.41 Å². The lowest BCUT2D eigenvalue weighted by Crippen LogP contribution is -2.46. The van der Waals surface area contributed by atoms with Crippen molar-refractivity contribution in [2.24, 2.45) is 5.41 Å². The quantitative estimate of drug-likeness (QED) is 0.835. The van der Waals surface area contributed by atoms with Crippen LogP contribution in [0.4, 0.5) is 4.39 Å². The van der Waals surface area contributed by atoms with E-state index in [-0.39, 0.29) is 5.82 Å². The zero-order chi connectivity index (χ0) is 13.0. The van der Waals surface area contributed by atoms with Gasteiger partial charge in [0.25, 0.3) is 0 Å². The van der Waals surface area contributed by atoms with Crippen molar-refractivity contribution in [3.05, 3.63) is 35.6 Å². The molecule has 0 saturated heterocycles. The Bertz CT molecular complexity index is 388. The first-order valence-corrected chi connectivity index (χ1v) is 6.71. The Kier molecular flexibility index (Phi) is 4.36. The van der Waals surface area contributed by atoms with Gasteiger partial charge in [-0.1, -0.05) is 18.6 Å². The van der Waals surface area contributed by atoms with Gasteiger partial charge in [-0.05, 0) is 50.0 Å². The van der Waals surface area contributed by atoms with E-state index in [1.165, 1.54) is 25.3 Å². The van der Waals surface area contributed by atoms with E-state index >= 15 is 0 Å².